The van der Waals surface area contributed by atoms with E-state index in [2.05, 4.69) is 22.6 Å². The van der Waals surface area contributed by atoms with Crippen LogP contribution in [-0.2, 0) is 0 Å². The molecular weight excluding hydrogens is 458 g/mol. The first-order chi connectivity index (χ1) is 8.47. The Morgan fingerprint density at radius 3 is 2.22 bits per heavy atom. The molecule has 0 aliphatic rings. The van der Waals surface area contributed by atoms with Crippen LogP contribution in [0.2, 0.25) is 0 Å². The van der Waals surface area contributed by atoms with E-state index >= 15 is 0 Å². The van der Waals surface area contributed by atoms with Crippen molar-refractivity contribution in [1.29, 1.82) is 0 Å². The second-order valence-corrected chi connectivity index (χ2v) is 6.11. The first-order valence-electron chi connectivity index (χ1n) is 5.13. The molecule has 2 aromatic rings. The number of hydrogen-bond donors (Lipinski definition) is 2. The van der Waals surface area contributed by atoms with Gasteiger partial charge in [-0.3, -0.25) is 0 Å². The SMILES string of the molecule is Cc1cc(Oc2ccc(O)c(I)c2)cc(I)c1O. The van der Waals surface area contributed by atoms with Gasteiger partial charge in [0, 0.05) is 0 Å². The molecule has 0 unspecified atom stereocenters. The van der Waals surface area contributed by atoms with Crippen molar-refractivity contribution in [3.05, 3.63) is 43.0 Å². The van der Waals surface area contributed by atoms with Crippen LogP contribution in [0.4, 0.5) is 0 Å². The van der Waals surface area contributed by atoms with E-state index in [9.17, 15) is 10.2 Å². The van der Waals surface area contributed by atoms with Crippen LogP contribution in [0.3, 0.4) is 0 Å². The number of hydrogen-bond acceptors (Lipinski definition) is 3. The highest BCUT2D eigenvalue weighted by Gasteiger charge is 2.07. The van der Waals surface area contributed by atoms with E-state index < -0.39 is 0 Å². The lowest BCUT2D eigenvalue weighted by atomic mass is 10.2. The molecular formula is C13H10I2O3. The van der Waals surface area contributed by atoms with Crippen LogP contribution in [0, 0.1) is 14.1 Å². The molecule has 0 saturated heterocycles. The lowest BCUT2D eigenvalue weighted by Crippen LogP contribution is -1.88. The summed E-state index contributed by atoms with van der Waals surface area (Å²) in [6, 6.07) is 8.59. The molecule has 0 spiro atoms. The molecule has 94 valence electrons. The average molecular weight is 468 g/mol. The fraction of sp³-hybridized carbons (Fsp3) is 0.0769. The van der Waals surface area contributed by atoms with Gasteiger partial charge in [0.05, 0.1) is 7.14 Å². The lowest BCUT2D eigenvalue weighted by Gasteiger charge is -2.09. The Hall–Kier alpha value is -0.700. The molecule has 0 heterocycles. The third-order valence-corrected chi connectivity index (χ3v) is 4.07. The van der Waals surface area contributed by atoms with E-state index in [0.717, 1.165) is 12.7 Å². The maximum atomic E-state index is 9.68. The van der Waals surface area contributed by atoms with Gasteiger partial charge >= 0.3 is 0 Å². The van der Waals surface area contributed by atoms with E-state index in [1.807, 2.05) is 29.5 Å². The van der Waals surface area contributed by atoms with Crippen LogP contribution in [0.5, 0.6) is 23.0 Å². The van der Waals surface area contributed by atoms with Gasteiger partial charge < -0.3 is 14.9 Å². The van der Waals surface area contributed by atoms with Gasteiger partial charge in [-0.05, 0) is 88.0 Å². The van der Waals surface area contributed by atoms with E-state index in [-0.39, 0.29) is 11.5 Å². The number of benzene rings is 2. The Kier molecular flexibility index (Phi) is 4.21. The summed E-state index contributed by atoms with van der Waals surface area (Å²) in [6.07, 6.45) is 0. The number of phenols is 2. The summed E-state index contributed by atoms with van der Waals surface area (Å²) < 4.78 is 7.18. The minimum atomic E-state index is 0.236. The van der Waals surface area contributed by atoms with Crippen molar-refractivity contribution in [3.63, 3.8) is 0 Å². The molecule has 0 atom stereocenters. The Labute approximate surface area is 132 Å². The summed E-state index contributed by atoms with van der Waals surface area (Å²) in [5, 5.41) is 19.1. The van der Waals surface area contributed by atoms with Gasteiger partial charge in [0.25, 0.3) is 0 Å². The molecule has 18 heavy (non-hydrogen) atoms. The Morgan fingerprint density at radius 2 is 1.61 bits per heavy atom. The third-order valence-electron chi connectivity index (χ3n) is 2.38. The van der Waals surface area contributed by atoms with E-state index in [1.165, 1.54) is 0 Å². The Bertz CT molecular complexity index is 574. The molecule has 0 bridgehead atoms. The van der Waals surface area contributed by atoms with Crippen molar-refractivity contribution in [3.8, 4) is 23.0 Å². The first-order valence-corrected chi connectivity index (χ1v) is 7.28. The molecule has 0 saturated carbocycles. The molecule has 5 heteroatoms. The predicted octanol–water partition coefficient (Wildman–Crippen LogP) is 4.41. The van der Waals surface area contributed by atoms with Crippen LogP contribution in [0.15, 0.2) is 30.3 Å². The number of rotatable bonds is 2. The fourth-order valence-corrected chi connectivity index (χ4v) is 2.67. The fourth-order valence-electron chi connectivity index (χ4n) is 1.45. The van der Waals surface area contributed by atoms with Gasteiger partial charge in [-0.25, -0.2) is 0 Å². The van der Waals surface area contributed by atoms with Crippen LogP contribution >= 0.6 is 45.2 Å². The zero-order valence-corrected chi connectivity index (χ0v) is 13.8. The van der Waals surface area contributed by atoms with Crippen LogP contribution in [0.1, 0.15) is 5.56 Å². The zero-order chi connectivity index (χ0) is 13.3. The van der Waals surface area contributed by atoms with Crippen molar-refractivity contribution in [2.45, 2.75) is 6.92 Å². The average Bonchev–Trinajstić information content (AvgIpc) is 2.31. The number of phenolic OH excluding ortho intramolecular Hbond substituents is 2. The van der Waals surface area contributed by atoms with Gasteiger partial charge in [0.15, 0.2) is 0 Å². The minimum absolute atomic E-state index is 0.236. The number of aryl methyl sites for hydroxylation is 1. The molecule has 0 aliphatic carbocycles. The summed E-state index contributed by atoms with van der Waals surface area (Å²) in [5.41, 5.74) is 0.769. The van der Waals surface area contributed by atoms with Gasteiger partial charge in [0.1, 0.15) is 23.0 Å². The Balaban J connectivity index is 2.31. The summed E-state index contributed by atoms with van der Waals surface area (Å²) in [4.78, 5) is 0. The lowest BCUT2D eigenvalue weighted by molar-refractivity contribution is 0.452. The van der Waals surface area contributed by atoms with Gasteiger partial charge in [0.2, 0.25) is 0 Å². The maximum absolute atomic E-state index is 9.68. The standard InChI is InChI=1S/C13H10I2O3/c1-7-4-9(6-11(15)13(7)17)18-8-2-3-12(16)10(14)5-8/h2-6,16-17H,1H3. The van der Waals surface area contributed by atoms with Crippen molar-refractivity contribution in [2.75, 3.05) is 0 Å². The molecule has 0 fully saturated rings. The molecule has 0 amide bonds. The van der Waals surface area contributed by atoms with Crippen LogP contribution in [0.25, 0.3) is 0 Å². The highest BCUT2D eigenvalue weighted by molar-refractivity contribution is 14.1. The van der Waals surface area contributed by atoms with Crippen molar-refractivity contribution >= 4 is 45.2 Å². The monoisotopic (exact) mass is 468 g/mol. The van der Waals surface area contributed by atoms with Gasteiger partial charge in [-0.2, -0.15) is 0 Å². The largest absolute Gasteiger partial charge is 0.507 e. The minimum Gasteiger partial charge on any atom is -0.507 e. The topological polar surface area (TPSA) is 49.7 Å². The van der Waals surface area contributed by atoms with Gasteiger partial charge in [-0.15, -0.1) is 0 Å². The summed E-state index contributed by atoms with van der Waals surface area (Å²) in [5.74, 6) is 1.83. The first kappa shape index (κ1) is 13.7. The summed E-state index contributed by atoms with van der Waals surface area (Å²) in [6.45, 7) is 1.82. The van der Waals surface area contributed by atoms with E-state index in [0.29, 0.717) is 11.5 Å². The van der Waals surface area contributed by atoms with Crippen molar-refractivity contribution < 1.29 is 14.9 Å². The van der Waals surface area contributed by atoms with Crippen LogP contribution < -0.4 is 4.74 Å². The number of ether oxygens (including phenoxy) is 1. The molecule has 2 rings (SSSR count). The second-order valence-electron chi connectivity index (χ2n) is 3.79. The molecule has 0 aromatic heterocycles. The highest BCUT2D eigenvalue weighted by Crippen LogP contribution is 2.33. The Morgan fingerprint density at radius 1 is 0.944 bits per heavy atom. The van der Waals surface area contributed by atoms with Crippen LogP contribution in [-0.4, -0.2) is 10.2 Å². The molecule has 3 nitrogen and oxygen atoms in total. The van der Waals surface area contributed by atoms with Gasteiger partial charge in [-0.1, -0.05) is 0 Å². The quantitative estimate of drug-likeness (QED) is 0.643. The normalized spacial score (nSPS) is 10.4. The zero-order valence-electron chi connectivity index (χ0n) is 9.45. The number of aromatic hydroxyl groups is 2. The second kappa shape index (κ2) is 5.52. The van der Waals surface area contributed by atoms with Crippen molar-refractivity contribution in [1.82, 2.24) is 0 Å². The summed E-state index contributed by atoms with van der Waals surface area (Å²) >= 11 is 4.10. The third kappa shape index (κ3) is 3.00. The van der Waals surface area contributed by atoms with E-state index in [1.54, 1.807) is 30.3 Å². The van der Waals surface area contributed by atoms with Crippen molar-refractivity contribution in [2.24, 2.45) is 0 Å². The molecule has 2 aromatic carbocycles. The maximum Gasteiger partial charge on any atom is 0.132 e. The molecule has 0 radical (unpaired) electrons. The molecule has 2 N–H and O–H groups in total. The van der Waals surface area contributed by atoms with E-state index in [4.69, 9.17) is 4.74 Å². The smallest absolute Gasteiger partial charge is 0.132 e. The predicted molar refractivity (Wildman–Crippen MR) is 86.5 cm³/mol. The molecule has 0 aliphatic heterocycles. The summed E-state index contributed by atoms with van der Waals surface area (Å²) in [7, 11) is 0. The number of halogens is 2. The highest BCUT2D eigenvalue weighted by atomic mass is 127.